The van der Waals surface area contributed by atoms with E-state index in [0.717, 1.165) is 32.2 Å². The lowest BCUT2D eigenvalue weighted by molar-refractivity contribution is 0.0423. The molecule has 0 spiro atoms. The second kappa shape index (κ2) is 4.19. The van der Waals surface area contributed by atoms with Crippen molar-refractivity contribution in [3.8, 4) is 0 Å². The van der Waals surface area contributed by atoms with Gasteiger partial charge in [-0.3, -0.25) is 9.80 Å². The molecular formula is C11H20N2O3S. The molecule has 2 unspecified atom stereocenters. The molecular weight excluding hydrogens is 240 g/mol. The third kappa shape index (κ3) is 2.50. The molecule has 3 fully saturated rings. The molecule has 0 bridgehead atoms. The number of piperazine rings is 1. The Morgan fingerprint density at radius 2 is 1.53 bits per heavy atom. The van der Waals surface area contributed by atoms with Gasteiger partial charge in [-0.25, -0.2) is 8.42 Å². The third-order valence-corrected chi connectivity index (χ3v) is 5.87. The summed E-state index contributed by atoms with van der Waals surface area (Å²) in [6.07, 6.45) is 1.95. The number of hydrogen-bond donors (Lipinski definition) is 1. The van der Waals surface area contributed by atoms with Crippen LogP contribution >= 0.6 is 0 Å². The largest absolute Gasteiger partial charge is 0.390 e. The summed E-state index contributed by atoms with van der Waals surface area (Å²) in [5, 5.41) is 9.83. The van der Waals surface area contributed by atoms with Crippen LogP contribution in [-0.2, 0) is 9.84 Å². The SMILES string of the molecule is O=S1(=O)CC(O)C(N2CCN(C3CC3)CC2)C1. The molecule has 2 saturated heterocycles. The average Bonchev–Trinajstić information content (AvgIpc) is 3.06. The van der Waals surface area contributed by atoms with Gasteiger partial charge in [-0.15, -0.1) is 0 Å². The van der Waals surface area contributed by atoms with E-state index < -0.39 is 15.9 Å². The second-order valence-electron chi connectivity index (χ2n) is 5.51. The first-order chi connectivity index (χ1) is 8.05. The molecule has 2 atom stereocenters. The Morgan fingerprint density at radius 1 is 0.941 bits per heavy atom. The van der Waals surface area contributed by atoms with Crippen LogP contribution in [0.4, 0.5) is 0 Å². The number of hydrogen-bond acceptors (Lipinski definition) is 5. The van der Waals surface area contributed by atoms with Crippen molar-refractivity contribution in [2.45, 2.75) is 31.0 Å². The lowest BCUT2D eigenvalue weighted by Crippen LogP contribution is -2.53. The highest BCUT2D eigenvalue weighted by atomic mass is 32.2. The maximum Gasteiger partial charge on any atom is 0.154 e. The van der Waals surface area contributed by atoms with Gasteiger partial charge in [-0.05, 0) is 12.8 Å². The van der Waals surface area contributed by atoms with Crippen LogP contribution < -0.4 is 0 Å². The van der Waals surface area contributed by atoms with Crippen molar-refractivity contribution in [3.05, 3.63) is 0 Å². The molecule has 5 nitrogen and oxygen atoms in total. The van der Waals surface area contributed by atoms with E-state index in [1.54, 1.807) is 0 Å². The number of rotatable bonds is 2. The summed E-state index contributed by atoms with van der Waals surface area (Å²) in [6.45, 7) is 3.84. The van der Waals surface area contributed by atoms with Crippen molar-refractivity contribution < 1.29 is 13.5 Å². The Labute approximate surface area is 102 Å². The van der Waals surface area contributed by atoms with Crippen molar-refractivity contribution in [2.75, 3.05) is 37.7 Å². The Hall–Kier alpha value is -0.170. The molecule has 0 aromatic rings. The molecule has 2 aliphatic heterocycles. The topological polar surface area (TPSA) is 60.9 Å². The Balaban J connectivity index is 1.59. The van der Waals surface area contributed by atoms with E-state index in [1.165, 1.54) is 12.8 Å². The quantitative estimate of drug-likeness (QED) is 0.685. The van der Waals surface area contributed by atoms with Crippen molar-refractivity contribution in [2.24, 2.45) is 0 Å². The average molecular weight is 260 g/mol. The Morgan fingerprint density at radius 3 is 2.00 bits per heavy atom. The first-order valence-electron chi connectivity index (χ1n) is 6.42. The van der Waals surface area contributed by atoms with Gasteiger partial charge in [0.1, 0.15) is 0 Å². The molecule has 0 aromatic heterocycles. The molecule has 0 aromatic carbocycles. The van der Waals surface area contributed by atoms with Crippen LogP contribution in [0, 0.1) is 0 Å². The molecule has 1 aliphatic carbocycles. The van der Waals surface area contributed by atoms with E-state index in [9.17, 15) is 13.5 Å². The number of aliphatic hydroxyl groups excluding tert-OH is 1. The first kappa shape index (κ1) is 11.9. The lowest BCUT2D eigenvalue weighted by atomic mass is 10.1. The predicted molar refractivity (Wildman–Crippen MR) is 64.6 cm³/mol. The fourth-order valence-electron chi connectivity index (χ4n) is 3.03. The van der Waals surface area contributed by atoms with Crippen LogP contribution in [0.2, 0.25) is 0 Å². The van der Waals surface area contributed by atoms with Gasteiger partial charge in [0, 0.05) is 32.2 Å². The molecule has 17 heavy (non-hydrogen) atoms. The Bertz CT molecular complexity index is 386. The predicted octanol–water partition coefficient (Wildman–Crippen LogP) is -1.08. The highest BCUT2D eigenvalue weighted by Crippen LogP contribution is 2.28. The summed E-state index contributed by atoms with van der Waals surface area (Å²) in [6, 6.07) is 0.621. The lowest BCUT2D eigenvalue weighted by Gasteiger charge is -2.38. The molecule has 0 radical (unpaired) electrons. The van der Waals surface area contributed by atoms with Gasteiger partial charge < -0.3 is 5.11 Å². The molecule has 1 saturated carbocycles. The normalized spacial score (nSPS) is 39.6. The number of sulfone groups is 1. The summed E-state index contributed by atoms with van der Waals surface area (Å²) < 4.78 is 23.0. The van der Waals surface area contributed by atoms with Crippen LogP contribution in [0.15, 0.2) is 0 Å². The van der Waals surface area contributed by atoms with Crippen LogP contribution in [0.3, 0.4) is 0 Å². The van der Waals surface area contributed by atoms with Gasteiger partial charge in [0.05, 0.1) is 23.7 Å². The zero-order chi connectivity index (χ0) is 12.0. The molecule has 6 heteroatoms. The first-order valence-corrected chi connectivity index (χ1v) is 8.24. The monoisotopic (exact) mass is 260 g/mol. The van der Waals surface area contributed by atoms with E-state index in [4.69, 9.17) is 0 Å². The molecule has 98 valence electrons. The molecule has 3 aliphatic rings. The summed E-state index contributed by atoms with van der Waals surface area (Å²) in [4.78, 5) is 4.65. The molecule has 2 heterocycles. The van der Waals surface area contributed by atoms with E-state index in [1.807, 2.05) is 0 Å². The van der Waals surface area contributed by atoms with Gasteiger partial charge in [0.2, 0.25) is 0 Å². The van der Waals surface area contributed by atoms with Crippen molar-refractivity contribution in [3.63, 3.8) is 0 Å². The van der Waals surface area contributed by atoms with Gasteiger partial charge in [0.25, 0.3) is 0 Å². The zero-order valence-corrected chi connectivity index (χ0v) is 10.8. The third-order valence-electron chi connectivity index (χ3n) is 4.17. The van der Waals surface area contributed by atoms with E-state index in [2.05, 4.69) is 9.80 Å². The standard InChI is InChI=1S/C11H20N2O3S/c14-11-8-17(15,16)7-10(11)13-5-3-12(4-6-13)9-1-2-9/h9-11,14H,1-8H2. The van der Waals surface area contributed by atoms with E-state index >= 15 is 0 Å². The van der Waals surface area contributed by atoms with Crippen molar-refractivity contribution in [1.29, 1.82) is 0 Å². The highest BCUT2D eigenvalue weighted by Gasteiger charge is 2.41. The van der Waals surface area contributed by atoms with Crippen LogP contribution in [0.1, 0.15) is 12.8 Å². The highest BCUT2D eigenvalue weighted by molar-refractivity contribution is 7.91. The van der Waals surface area contributed by atoms with Gasteiger partial charge in [-0.2, -0.15) is 0 Å². The minimum absolute atomic E-state index is 0.0551. The maximum absolute atomic E-state index is 11.5. The fraction of sp³-hybridized carbons (Fsp3) is 1.00. The van der Waals surface area contributed by atoms with Gasteiger partial charge >= 0.3 is 0 Å². The van der Waals surface area contributed by atoms with Crippen LogP contribution in [0.5, 0.6) is 0 Å². The fourth-order valence-corrected chi connectivity index (χ4v) is 4.87. The minimum atomic E-state index is -3.02. The Kier molecular flexibility index (Phi) is 2.93. The maximum atomic E-state index is 11.5. The van der Waals surface area contributed by atoms with E-state index in [0.29, 0.717) is 0 Å². The minimum Gasteiger partial charge on any atom is -0.390 e. The molecule has 0 amide bonds. The second-order valence-corrected chi connectivity index (χ2v) is 7.67. The van der Waals surface area contributed by atoms with Gasteiger partial charge in [-0.1, -0.05) is 0 Å². The van der Waals surface area contributed by atoms with Crippen LogP contribution in [-0.4, -0.2) is 79.2 Å². The number of nitrogens with zero attached hydrogens (tertiary/aromatic N) is 2. The van der Waals surface area contributed by atoms with E-state index in [-0.39, 0.29) is 17.5 Å². The van der Waals surface area contributed by atoms with Crippen molar-refractivity contribution >= 4 is 9.84 Å². The molecule has 1 N–H and O–H groups in total. The summed E-state index contributed by atoms with van der Waals surface area (Å²) in [5.41, 5.74) is 0. The van der Waals surface area contributed by atoms with Crippen molar-refractivity contribution in [1.82, 2.24) is 9.80 Å². The smallest absolute Gasteiger partial charge is 0.154 e. The zero-order valence-electron chi connectivity index (χ0n) is 9.96. The summed E-state index contributed by atoms with van der Waals surface area (Å²) in [5.74, 6) is 0.0814. The van der Waals surface area contributed by atoms with Crippen LogP contribution in [0.25, 0.3) is 0 Å². The summed E-state index contributed by atoms with van der Waals surface area (Å²) >= 11 is 0. The number of aliphatic hydroxyl groups is 1. The molecule has 3 rings (SSSR count). The summed E-state index contributed by atoms with van der Waals surface area (Å²) in [7, 11) is -3.02. The van der Waals surface area contributed by atoms with Gasteiger partial charge in [0.15, 0.2) is 9.84 Å².